The zero-order valence-electron chi connectivity index (χ0n) is 10.4. The molecule has 0 saturated carbocycles. The highest BCUT2D eigenvalue weighted by molar-refractivity contribution is 5.85. The second-order valence-corrected chi connectivity index (χ2v) is 4.31. The lowest BCUT2D eigenvalue weighted by molar-refractivity contribution is 0.451. The van der Waals surface area contributed by atoms with Gasteiger partial charge in [-0.2, -0.15) is 5.10 Å². The van der Waals surface area contributed by atoms with Crippen molar-refractivity contribution in [2.45, 2.75) is 6.92 Å². The van der Waals surface area contributed by atoms with Crippen molar-refractivity contribution in [1.82, 2.24) is 10.2 Å². The summed E-state index contributed by atoms with van der Waals surface area (Å²) in [6.45, 7) is 1.92. The van der Waals surface area contributed by atoms with E-state index in [0.717, 1.165) is 16.3 Å². The molecule has 0 spiro atoms. The van der Waals surface area contributed by atoms with Crippen LogP contribution in [0.5, 0.6) is 17.4 Å². The largest absolute Gasteiger partial charge is 0.508 e. The molecule has 4 nitrogen and oxygen atoms in total. The number of hydrogen-bond acceptors (Lipinski definition) is 4. The first-order valence-electron chi connectivity index (χ1n) is 5.91. The molecule has 0 bridgehead atoms. The van der Waals surface area contributed by atoms with Crippen LogP contribution in [0.1, 0.15) is 5.56 Å². The molecule has 2 aromatic carbocycles. The zero-order chi connectivity index (χ0) is 13.2. The van der Waals surface area contributed by atoms with Gasteiger partial charge in [-0.3, -0.25) is 0 Å². The minimum Gasteiger partial charge on any atom is -0.508 e. The molecule has 0 fully saturated rings. The highest BCUT2D eigenvalue weighted by Crippen LogP contribution is 2.27. The summed E-state index contributed by atoms with van der Waals surface area (Å²) >= 11 is 0. The van der Waals surface area contributed by atoms with Gasteiger partial charge in [0.2, 0.25) is 5.88 Å². The first kappa shape index (κ1) is 11.5. The molecule has 0 atom stereocenters. The van der Waals surface area contributed by atoms with E-state index in [2.05, 4.69) is 10.2 Å². The Balaban J connectivity index is 1.98. The average molecular weight is 252 g/mol. The van der Waals surface area contributed by atoms with Crippen molar-refractivity contribution >= 4 is 10.8 Å². The van der Waals surface area contributed by atoms with Crippen molar-refractivity contribution < 1.29 is 9.84 Å². The highest BCUT2D eigenvalue weighted by atomic mass is 16.5. The van der Waals surface area contributed by atoms with Gasteiger partial charge < -0.3 is 9.84 Å². The maximum atomic E-state index is 9.42. The summed E-state index contributed by atoms with van der Waals surface area (Å²) in [5.41, 5.74) is 0.931. The van der Waals surface area contributed by atoms with Crippen molar-refractivity contribution in [3.8, 4) is 17.4 Å². The van der Waals surface area contributed by atoms with E-state index in [-0.39, 0.29) is 5.75 Å². The number of aromatic hydroxyl groups is 1. The van der Waals surface area contributed by atoms with Crippen molar-refractivity contribution in [2.75, 3.05) is 0 Å². The molecule has 0 saturated heterocycles. The van der Waals surface area contributed by atoms with Crippen LogP contribution in [0.25, 0.3) is 10.8 Å². The van der Waals surface area contributed by atoms with Crippen molar-refractivity contribution in [1.29, 1.82) is 0 Å². The Morgan fingerprint density at radius 3 is 2.63 bits per heavy atom. The van der Waals surface area contributed by atoms with Gasteiger partial charge in [-0.15, -0.1) is 5.10 Å². The third-order valence-electron chi connectivity index (χ3n) is 2.89. The molecule has 4 heteroatoms. The molecule has 1 N–H and O–H groups in total. The zero-order valence-corrected chi connectivity index (χ0v) is 10.4. The predicted molar refractivity (Wildman–Crippen MR) is 72.5 cm³/mol. The first-order chi connectivity index (χ1) is 9.22. The molecular formula is C15H12N2O2. The van der Waals surface area contributed by atoms with Gasteiger partial charge >= 0.3 is 0 Å². The standard InChI is InChI=1S/C15H12N2O2/c1-10-6-7-16-17-15(10)19-14-5-3-11-8-13(18)4-2-12(11)9-14/h2-9,18H,1H3. The average Bonchev–Trinajstić information content (AvgIpc) is 2.41. The second kappa shape index (κ2) is 4.57. The number of phenols is 1. The molecule has 19 heavy (non-hydrogen) atoms. The molecule has 94 valence electrons. The van der Waals surface area contributed by atoms with Crippen molar-refractivity contribution in [3.63, 3.8) is 0 Å². The first-order valence-corrected chi connectivity index (χ1v) is 5.91. The van der Waals surface area contributed by atoms with E-state index < -0.39 is 0 Å². The second-order valence-electron chi connectivity index (χ2n) is 4.31. The SMILES string of the molecule is Cc1ccnnc1Oc1ccc2cc(O)ccc2c1. The van der Waals surface area contributed by atoms with Crippen LogP contribution >= 0.6 is 0 Å². The Hall–Kier alpha value is -2.62. The number of fused-ring (bicyclic) bond motifs is 1. The summed E-state index contributed by atoms with van der Waals surface area (Å²) in [4.78, 5) is 0. The van der Waals surface area contributed by atoms with Crippen LogP contribution in [0.2, 0.25) is 0 Å². The number of benzene rings is 2. The molecular weight excluding hydrogens is 240 g/mol. The van der Waals surface area contributed by atoms with Gasteiger partial charge in [0.25, 0.3) is 0 Å². The smallest absolute Gasteiger partial charge is 0.241 e. The van der Waals surface area contributed by atoms with Gasteiger partial charge in [-0.05, 0) is 48.0 Å². The lowest BCUT2D eigenvalue weighted by atomic mass is 10.1. The van der Waals surface area contributed by atoms with Crippen molar-refractivity contribution in [3.05, 3.63) is 54.2 Å². The van der Waals surface area contributed by atoms with Crippen LogP contribution in [0, 0.1) is 6.92 Å². The van der Waals surface area contributed by atoms with Gasteiger partial charge in [-0.25, -0.2) is 0 Å². The Morgan fingerprint density at radius 2 is 1.79 bits per heavy atom. The van der Waals surface area contributed by atoms with Crippen LogP contribution in [-0.2, 0) is 0 Å². The van der Waals surface area contributed by atoms with Crippen LogP contribution in [0.3, 0.4) is 0 Å². The van der Waals surface area contributed by atoms with E-state index in [1.54, 1.807) is 18.3 Å². The number of aryl methyl sites for hydroxylation is 1. The normalized spacial score (nSPS) is 10.6. The van der Waals surface area contributed by atoms with E-state index in [9.17, 15) is 5.11 Å². The van der Waals surface area contributed by atoms with Crippen LogP contribution in [0.4, 0.5) is 0 Å². The van der Waals surface area contributed by atoms with E-state index in [1.807, 2.05) is 37.3 Å². The van der Waals surface area contributed by atoms with Gasteiger partial charge in [0.1, 0.15) is 11.5 Å². The molecule has 0 radical (unpaired) electrons. The fourth-order valence-corrected chi connectivity index (χ4v) is 1.87. The third kappa shape index (κ3) is 2.33. The van der Waals surface area contributed by atoms with Gasteiger partial charge in [-0.1, -0.05) is 12.1 Å². The third-order valence-corrected chi connectivity index (χ3v) is 2.89. The van der Waals surface area contributed by atoms with Crippen LogP contribution < -0.4 is 4.74 Å². The van der Waals surface area contributed by atoms with Crippen molar-refractivity contribution in [2.24, 2.45) is 0 Å². The molecule has 3 aromatic rings. The fourth-order valence-electron chi connectivity index (χ4n) is 1.87. The summed E-state index contributed by atoms with van der Waals surface area (Å²) in [6, 6.07) is 12.7. The number of ether oxygens (including phenoxy) is 1. The van der Waals surface area contributed by atoms with Gasteiger partial charge in [0.05, 0.1) is 6.20 Å². The fraction of sp³-hybridized carbons (Fsp3) is 0.0667. The highest BCUT2D eigenvalue weighted by Gasteiger charge is 2.04. The number of hydrogen-bond donors (Lipinski definition) is 1. The predicted octanol–water partition coefficient (Wildman–Crippen LogP) is 3.44. The minimum absolute atomic E-state index is 0.255. The number of aromatic nitrogens is 2. The molecule has 0 unspecified atom stereocenters. The maximum Gasteiger partial charge on any atom is 0.241 e. The van der Waals surface area contributed by atoms with E-state index in [0.29, 0.717) is 11.6 Å². The molecule has 3 rings (SSSR count). The summed E-state index contributed by atoms with van der Waals surface area (Å²) in [5, 5.41) is 19.1. The Morgan fingerprint density at radius 1 is 1.00 bits per heavy atom. The van der Waals surface area contributed by atoms with Gasteiger partial charge in [0.15, 0.2) is 0 Å². The Kier molecular flexibility index (Phi) is 2.76. The number of nitrogens with zero attached hydrogens (tertiary/aromatic N) is 2. The summed E-state index contributed by atoms with van der Waals surface area (Å²) in [5.74, 6) is 1.45. The summed E-state index contributed by atoms with van der Waals surface area (Å²) in [6.07, 6.45) is 1.63. The number of phenolic OH excluding ortho intramolecular Hbond substituents is 1. The molecule has 0 aliphatic heterocycles. The monoisotopic (exact) mass is 252 g/mol. The quantitative estimate of drug-likeness (QED) is 0.759. The van der Waals surface area contributed by atoms with E-state index in [4.69, 9.17) is 4.74 Å². The maximum absolute atomic E-state index is 9.42. The number of rotatable bonds is 2. The Bertz CT molecular complexity index is 741. The van der Waals surface area contributed by atoms with Crippen LogP contribution in [0.15, 0.2) is 48.7 Å². The molecule has 1 heterocycles. The van der Waals surface area contributed by atoms with E-state index >= 15 is 0 Å². The summed E-state index contributed by atoms with van der Waals surface area (Å²) < 4.78 is 5.71. The van der Waals surface area contributed by atoms with Gasteiger partial charge in [0, 0.05) is 5.56 Å². The molecule has 0 aliphatic rings. The molecule has 1 aromatic heterocycles. The molecule has 0 amide bonds. The summed E-state index contributed by atoms with van der Waals surface area (Å²) in [7, 11) is 0. The lowest BCUT2D eigenvalue weighted by Crippen LogP contribution is -1.92. The minimum atomic E-state index is 0.255. The lowest BCUT2D eigenvalue weighted by Gasteiger charge is -2.07. The Labute approximate surface area is 110 Å². The topological polar surface area (TPSA) is 55.2 Å². The van der Waals surface area contributed by atoms with E-state index in [1.165, 1.54) is 0 Å². The van der Waals surface area contributed by atoms with Crippen LogP contribution in [-0.4, -0.2) is 15.3 Å². The molecule has 0 aliphatic carbocycles.